The van der Waals surface area contributed by atoms with Crippen molar-refractivity contribution in [1.29, 1.82) is 0 Å². The molecule has 0 unspecified atom stereocenters. The van der Waals surface area contributed by atoms with E-state index in [4.69, 9.17) is 36.5 Å². The van der Waals surface area contributed by atoms with E-state index in [1.165, 1.54) is 0 Å². The maximum Gasteiger partial charge on any atom is 0.344 e. The summed E-state index contributed by atoms with van der Waals surface area (Å²) in [4.78, 5) is 35.5. The van der Waals surface area contributed by atoms with Crippen molar-refractivity contribution >= 4 is 63.6 Å². The van der Waals surface area contributed by atoms with Crippen LogP contribution in [0, 0.1) is 0 Å². The molecule has 4 aromatic rings. The highest BCUT2D eigenvalue weighted by Gasteiger charge is 2.20. The molecule has 0 bridgehead atoms. The van der Waals surface area contributed by atoms with E-state index >= 15 is 0 Å². The number of hydrogen-bond acceptors (Lipinski definition) is 8. The van der Waals surface area contributed by atoms with Crippen LogP contribution in [0.2, 0.25) is 0 Å². The molecule has 0 radical (unpaired) electrons. The highest BCUT2D eigenvalue weighted by Crippen LogP contribution is 2.29. The van der Waals surface area contributed by atoms with E-state index in [1.807, 2.05) is 36.4 Å². The average Bonchev–Trinajstić information content (AvgIpc) is 3.32. The number of carbonyl (C=O) groups excluding carboxylic acids is 2. The van der Waals surface area contributed by atoms with Crippen molar-refractivity contribution < 1.29 is 23.8 Å². The lowest BCUT2D eigenvalue weighted by atomic mass is 10.2. The quantitative estimate of drug-likeness (QED) is 0.183. The number of imidazole rings is 1. The zero-order valence-electron chi connectivity index (χ0n) is 22.5. The van der Waals surface area contributed by atoms with Gasteiger partial charge in [-0.15, -0.1) is 24.0 Å². The highest BCUT2D eigenvalue weighted by molar-refractivity contribution is 6.27. The Hall–Kier alpha value is -3.60. The molecule has 0 saturated heterocycles. The minimum Gasteiger partial charge on any atom is -0.482 e. The third kappa shape index (κ3) is 7.32. The van der Waals surface area contributed by atoms with Gasteiger partial charge in [-0.05, 0) is 30.7 Å². The second kappa shape index (κ2) is 14.7. The predicted octanol–water partition coefficient (Wildman–Crippen LogP) is 3.99. The van der Waals surface area contributed by atoms with Crippen LogP contribution in [0.1, 0.15) is 18.3 Å². The lowest BCUT2D eigenvalue weighted by Gasteiger charge is -2.23. The van der Waals surface area contributed by atoms with Gasteiger partial charge in [0.2, 0.25) is 5.91 Å². The van der Waals surface area contributed by atoms with E-state index in [9.17, 15) is 9.59 Å². The number of rotatable bonds is 13. The van der Waals surface area contributed by atoms with Crippen LogP contribution >= 0.6 is 24.0 Å². The molecule has 40 heavy (non-hydrogen) atoms. The molecule has 2 aromatic carbocycles. The lowest BCUT2D eigenvalue weighted by molar-refractivity contribution is -0.145. The summed E-state index contributed by atoms with van der Waals surface area (Å²) >= 11 is 5.99. The van der Waals surface area contributed by atoms with E-state index in [1.54, 1.807) is 31.1 Å². The number of fused-ring (bicyclic) bond motifs is 3. The van der Waals surface area contributed by atoms with Gasteiger partial charge in [-0.3, -0.25) is 4.79 Å². The first-order chi connectivity index (χ1) is 18.9. The van der Waals surface area contributed by atoms with Gasteiger partial charge in [0.1, 0.15) is 23.0 Å². The van der Waals surface area contributed by atoms with Crippen LogP contribution in [-0.2, 0) is 38.6 Å². The summed E-state index contributed by atoms with van der Waals surface area (Å²) in [5.41, 5.74) is 9.40. The number of nitrogens with two attached hydrogens (primary N) is 1. The summed E-state index contributed by atoms with van der Waals surface area (Å²) < 4.78 is 17.9. The van der Waals surface area contributed by atoms with E-state index < -0.39 is 5.97 Å². The average molecular weight is 591 g/mol. The van der Waals surface area contributed by atoms with E-state index in [2.05, 4.69) is 9.55 Å². The van der Waals surface area contributed by atoms with Crippen molar-refractivity contribution in [3.05, 3.63) is 59.9 Å². The number of aromatic nitrogens is 3. The summed E-state index contributed by atoms with van der Waals surface area (Å²) in [7, 11) is 1.64. The van der Waals surface area contributed by atoms with Crippen molar-refractivity contribution in [2.24, 2.45) is 0 Å². The molecule has 0 aliphatic carbocycles. The van der Waals surface area contributed by atoms with Gasteiger partial charge in [-0.2, -0.15) is 0 Å². The molecule has 10 nitrogen and oxygen atoms in total. The number of halogens is 2. The Kier molecular flexibility index (Phi) is 11.4. The molecule has 2 aromatic heterocycles. The lowest BCUT2D eigenvalue weighted by Crippen LogP contribution is -2.34. The van der Waals surface area contributed by atoms with Crippen molar-refractivity contribution in [1.82, 2.24) is 19.4 Å². The molecule has 1 amide bonds. The minimum atomic E-state index is -0.443. The van der Waals surface area contributed by atoms with E-state index in [0.29, 0.717) is 49.7 Å². The summed E-state index contributed by atoms with van der Waals surface area (Å²) in [6, 6.07) is 15.0. The third-order valence-corrected chi connectivity index (χ3v) is 6.44. The summed E-state index contributed by atoms with van der Waals surface area (Å²) in [5.74, 6) is 0.861. The Balaban J connectivity index is 0.00000441. The van der Waals surface area contributed by atoms with Crippen LogP contribution < -0.4 is 10.5 Å². The first kappa shape index (κ1) is 30.9. The van der Waals surface area contributed by atoms with Gasteiger partial charge in [0.15, 0.2) is 12.4 Å². The maximum absolute atomic E-state index is 12.9. The number of ether oxygens (including phenoxy) is 3. The normalized spacial score (nSPS) is 10.9. The van der Waals surface area contributed by atoms with Crippen LogP contribution in [0.4, 0.5) is 5.82 Å². The number of para-hydroxylation sites is 1. The Morgan fingerprint density at radius 1 is 1.12 bits per heavy atom. The number of amides is 1. The molecule has 2 heterocycles. The van der Waals surface area contributed by atoms with Crippen LogP contribution in [0.5, 0.6) is 5.75 Å². The summed E-state index contributed by atoms with van der Waals surface area (Å²) in [6.45, 7) is 3.47. The van der Waals surface area contributed by atoms with Gasteiger partial charge in [0.25, 0.3) is 0 Å². The van der Waals surface area contributed by atoms with Crippen molar-refractivity contribution in [3.8, 4) is 5.75 Å². The van der Waals surface area contributed by atoms with E-state index in [-0.39, 0.29) is 37.4 Å². The Morgan fingerprint density at radius 2 is 1.93 bits per heavy atom. The second-order valence-electron chi connectivity index (χ2n) is 8.82. The maximum atomic E-state index is 12.9. The van der Waals surface area contributed by atoms with Crippen LogP contribution in [0.3, 0.4) is 0 Å². The number of anilines is 1. The molecule has 2 N–H and O–H groups in total. The molecule has 0 aliphatic heterocycles. The smallest absolute Gasteiger partial charge is 0.344 e. The van der Waals surface area contributed by atoms with E-state index in [0.717, 1.165) is 27.8 Å². The fraction of sp³-hybridized carbons (Fsp3) is 0.357. The molecular formula is C28H33Cl2N5O5. The van der Waals surface area contributed by atoms with Crippen molar-refractivity contribution in [2.75, 3.05) is 45.1 Å². The number of alkyl halides is 1. The molecule has 0 fully saturated rings. The molecule has 214 valence electrons. The monoisotopic (exact) mass is 589 g/mol. The van der Waals surface area contributed by atoms with Crippen LogP contribution in [-0.4, -0.2) is 70.7 Å². The fourth-order valence-corrected chi connectivity index (χ4v) is 4.60. The van der Waals surface area contributed by atoms with Gasteiger partial charge in [0.05, 0.1) is 24.2 Å². The molecular weight excluding hydrogens is 557 g/mol. The second-order valence-corrected chi connectivity index (χ2v) is 9.09. The topological polar surface area (TPSA) is 122 Å². The van der Waals surface area contributed by atoms with Crippen molar-refractivity contribution in [2.45, 2.75) is 26.4 Å². The van der Waals surface area contributed by atoms with Gasteiger partial charge in [0, 0.05) is 38.6 Å². The largest absolute Gasteiger partial charge is 0.482 e. The number of pyridine rings is 1. The Bertz CT molecular complexity index is 1460. The van der Waals surface area contributed by atoms with Gasteiger partial charge in [-0.25, -0.2) is 14.8 Å². The molecule has 0 spiro atoms. The molecule has 4 rings (SSSR count). The number of methoxy groups -OCH3 is 1. The third-order valence-electron chi connectivity index (χ3n) is 6.21. The highest BCUT2D eigenvalue weighted by atomic mass is 35.5. The van der Waals surface area contributed by atoms with Crippen molar-refractivity contribution in [3.63, 3.8) is 0 Å². The fourth-order valence-electron chi connectivity index (χ4n) is 4.43. The zero-order chi connectivity index (χ0) is 27.8. The summed E-state index contributed by atoms with van der Waals surface area (Å²) in [6.07, 6.45) is 0.572. The summed E-state index contributed by atoms with van der Waals surface area (Å²) in [5, 5.41) is 0.930. The van der Waals surface area contributed by atoms with Gasteiger partial charge < -0.3 is 29.4 Å². The minimum absolute atomic E-state index is 0. The molecule has 12 heteroatoms. The predicted molar refractivity (Wildman–Crippen MR) is 157 cm³/mol. The number of carbonyl (C=O) groups is 2. The molecule has 0 saturated carbocycles. The zero-order valence-corrected chi connectivity index (χ0v) is 24.0. The SMILES string of the molecule is CCOC(=O)COc1cccc(CN(CCn2c(CCOC)nc3c(N)nc4ccccc4c32)C(=O)CCl)c1.Cl. The number of hydrogen-bond donors (Lipinski definition) is 1. The first-order valence-electron chi connectivity index (χ1n) is 12.7. The number of nitrogens with zero attached hydrogens (tertiary/aromatic N) is 4. The Labute approximate surface area is 243 Å². The number of benzene rings is 2. The van der Waals surface area contributed by atoms with Crippen LogP contribution in [0.15, 0.2) is 48.5 Å². The molecule has 0 aliphatic rings. The van der Waals surface area contributed by atoms with Crippen LogP contribution in [0.25, 0.3) is 21.9 Å². The molecule has 0 atom stereocenters. The van der Waals surface area contributed by atoms with Gasteiger partial charge in [-0.1, -0.05) is 30.3 Å². The first-order valence-corrected chi connectivity index (χ1v) is 13.2. The number of nitrogen functional groups attached to an aromatic ring is 1. The Morgan fingerprint density at radius 3 is 2.67 bits per heavy atom. The standard InChI is InChI=1S/C28H32ClN5O5.ClH/c1-3-38-25(36)18-39-20-8-6-7-19(15-20)17-33(24(35)16-29)12-13-34-23(11-14-37-2)32-26-27(34)21-9-4-5-10-22(21)31-28(26)30;/h4-10,15H,3,11-14,16-18H2,1-2H3,(H2,30,31);1H. The van der Waals surface area contributed by atoms with Gasteiger partial charge >= 0.3 is 5.97 Å². The number of esters is 1.